The monoisotopic (exact) mass is 478 g/mol. The van der Waals surface area contributed by atoms with Crippen molar-refractivity contribution < 1.29 is 24.5 Å². The molecule has 0 aromatic carbocycles. The van der Waals surface area contributed by atoms with E-state index < -0.39 is 35.6 Å². The van der Waals surface area contributed by atoms with Crippen LogP contribution in [-0.4, -0.2) is 58.4 Å². The molecule has 8 heteroatoms. The molecule has 0 radical (unpaired) electrons. The van der Waals surface area contributed by atoms with Gasteiger partial charge in [0.2, 0.25) is 0 Å². The molecule has 7 nitrogen and oxygen atoms in total. The molecule has 0 fully saturated rings. The molecule has 1 aromatic rings. The highest BCUT2D eigenvalue weighted by Gasteiger charge is 2.42. The van der Waals surface area contributed by atoms with Crippen LogP contribution in [0.15, 0.2) is 23.1 Å². The maximum absolute atomic E-state index is 13.1. The highest BCUT2D eigenvalue weighted by Crippen LogP contribution is 2.31. The van der Waals surface area contributed by atoms with Crippen molar-refractivity contribution in [2.75, 3.05) is 13.1 Å². The van der Waals surface area contributed by atoms with Gasteiger partial charge < -0.3 is 20.3 Å². The molecule has 5 atom stereocenters. The van der Waals surface area contributed by atoms with Gasteiger partial charge in [0.1, 0.15) is 11.9 Å². The third kappa shape index (κ3) is 7.57. The molecule has 1 aliphatic heterocycles. The first-order valence-electron chi connectivity index (χ1n) is 11.5. The number of thiazole rings is 1. The molecule has 1 aliphatic rings. The number of aliphatic hydroxyl groups is 2. The number of aromatic nitrogens is 1. The highest BCUT2D eigenvalue weighted by atomic mass is 32.1. The Morgan fingerprint density at radius 1 is 1.27 bits per heavy atom. The number of Topliss-reactive ketones (excluding diaryl/α,β-unsaturated/α-hetero) is 1. The first-order chi connectivity index (χ1) is 15.4. The van der Waals surface area contributed by atoms with E-state index in [2.05, 4.69) is 10.3 Å². The summed E-state index contributed by atoms with van der Waals surface area (Å²) in [5.41, 5.74) is 0.460. The van der Waals surface area contributed by atoms with E-state index in [1.165, 1.54) is 0 Å². The highest BCUT2D eigenvalue weighted by molar-refractivity contribution is 7.09. The summed E-state index contributed by atoms with van der Waals surface area (Å²) in [6, 6.07) is 0. The van der Waals surface area contributed by atoms with Gasteiger partial charge in [-0.25, -0.2) is 4.98 Å². The van der Waals surface area contributed by atoms with E-state index in [1.807, 2.05) is 44.4 Å². The number of aliphatic hydroxyl groups excluding tert-OH is 2. The summed E-state index contributed by atoms with van der Waals surface area (Å²) in [7, 11) is 0. The normalized spacial score (nSPS) is 31.8. The summed E-state index contributed by atoms with van der Waals surface area (Å²) in [4.78, 5) is 30.3. The second-order valence-electron chi connectivity index (χ2n) is 9.59. The van der Waals surface area contributed by atoms with E-state index in [1.54, 1.807) is 32.1 Å². The lowest BCUT2D eigenvalue weighted by atomic mass is 9.73. The van der Waals surface area contributed by atoms with Gasteiger partial charge in [0.25, 0.3) is 0 Å². The van der Waals surface area contributed by atoms with E-state index >= 15 is 0 Å². The fraction of sp³-hybridized carbons (Fsp3) is 0.640. The lowest BCUT2D eigenvalue weighted by Crippen LogP contribution is -2.46. The van der Waals surface area contributed by atoms with E-state index in [4.69, 9.17) is 4.74 Å². The molecule has 2 rings (SSSR count). The standard InChI is InChI=1S/C25H38N2O5S/c1-15(11-19-14-33-18(4)27-19)20-9-7-8-10-26-13-16(2)23(30)17(3)24(31)25(5,6)21(28)12-22(29)32-20/h7-8,11,14,16-17,20-21,23,26,28,30H,9-10,12-13H2,1-6H3/b8-7+,15-11+/t16?,17-,20?,21+,23+/m1/s1. The van der Waals surface area contributed by atoms with Crippen LogP contribution in [-0.2, 0) is 14.3 Å². The number of nitrogens with zero attached hydrogens (tertiary/aromatic N) is 1. The molecule has 1 aromatic heterocycles. The van der Waals surface area contributed by atoms with Crippen LogP contribution in [0.3, 0.4) is 0 Å². The number of esters is 1. The van der Waals surface area contributed by atoms with Crippen molar-refractivity contribution in [3.05, 3.63) is 33.8 Å². The molecule has 0 amide bonds. The number of ether oxygens (including phenoxy) is 1. The summed E-state index contributed by atoms with van der Waals surface area (Å²) in [6.45, 7) is 11.8. The lowest BCUT2D eigenvalue weighted by Gasteiger charge is -2.34. The van der Waals surface area contributed by atoms with Crippen molar-refractivity contribution in [2.24, 2.45) is 17.3 Å². The number of cyclic esters (lactones) is 1. The maximum atomic E-state index is 13.1. The van der Waals surface area contributed by atoms with Gasteiger partial charge in [-0.1, -0.05) is 39.8 Å². The van der Waals surface area contributed by atoms with Crippen LogP contribution in [0.4, 0.5) is 0 Å². The molecular formula is C25H38N2O5S. The van der Waals surface area contributed by atoms with Crippen LogP contribution in [0.1, 0.15) is 58.2 Å². The topological polar surface area (TPSA) is 109 Å². The number of ketones is 1. The number of aryl methyl sites for hydroxylation is 1. The van der Waals surface area contributed by atoms with Gasteiger partial charge >= 0.3 is 5.97 Å². The minimum Gasteiger partial charge on any atom is -0.457 e. The summed E-state index contributed by atoms with van der Waals surface area (Å²) in [5.74, 6) is -1.68. The molecule has 2 unspecified atom stereocenters. The smallest absolute Gasteiger partial charge is 0.309 e. The lowest BCUT2D eigenvalue weighted by molar-refractivity contribution is -0.154. The minimum absolute atomic E-state index is 0.150. The Kier molecular flexibility index (Phi) is 9.97. The average molecular weight is 479 g/mol. The number of carbonyl (C=O) groups is 2. The maximum Gasteiger partial charge on any atom is 0.309 e. The Hall–Kier alpha value is -1.87. The van der Waals surface area contributed by atoms with Crippen LogP contribution in [0, 0.1) is 24.2 Å². The molecule has 0 saturated heterocycles. The number of carbonyl (C=O) groups excluding carboxylic acids is 2. The Morgan fingerprint density at radius 3 is 2.61 bits per heavy atom. The molecular weight excluding hydrogens is 440 g/mol. The predicted molar refractivity (Wildman–Crippen MR) is 131 cm³/mol. The third-order valence-corrected chi connectivity index (χ3v) is 7.17. The summed E-state index contributed by atoms with van der Waals surface area (Å²) < 4.78 is 5.73. The van der Waals surface area contributed by atoms with Crippen molar-refractivity contribution in [3.63, 3.8) is 0 Å². The van der Waals surface area contributed by atoms with Crippen molar-refractivity contribution >= 4 is 29.2 Å². The van der Waals surface area contributed by atoms with Gasteiger partial charge in [0, 0.05) is 30.8 Å². The summed E-state index contributed by atoms with van der Waals surface area (Å²) in [5, 5.41) is 27.6. The first kappa shape index (κ1) is 27.4. The van der Waals surface area contributed by atoms with Gasteiger partial charge in [0.15, 0.2) is 0 Å². The SMILES string of the molecule is C/C(=C\c1csc(C)n1)C1C/C=C/CNCC(C)[C@H](O)[C@@H](C)C(=O)C(C)(C)[C@@H](O)CC(=O)O1. The summed E-state index contributed by atoms with van der Waals surface area (Å²) >= 11 is 1.55. The van der Waals surface area contributed by atoms with Crippen LogP contribution in [0.25, 0.3) is 6.08 Å². The van der Waals surface area contributed by atoms with Gasteiger partial charge in [-0.15, -0.1) is 11.3 Å². The minimum atomic E-state index is -1.23. The van der Waals surface area contributed by atoms with E-state index in [0.717, 1.165) is 16.3 Å². The van der Waals surface area contributed by atoms with Crippen LogP contribution >= 0.6 is 11.3 Å². The zero-order valence-corrected chi connectivity index (χ0v) is 21.3. The quantitative estimate of drug-likeness (QED) is 0.442. The second kappa shape index (κ2) is 12.0. The fourth-order valence-electron chi connectivity index (χ4n) is 3.94. The molecule has 184 valence electrons. The largest absolute Gasteiger partial charge is 0.457 e. The Bertz CT molecular complexity index is 876. The summed E-state index contributed by atoms with van der Waals surface area (Å²) in [6.07, 6.45) is 3.40. The van der Waals surface area contributed by atoms with Crippen molar-refractivity contribution in [1.29, 1.82) is 0 Å². The fourth-order valence-corrected chi connectivity index (χ4v) is 4.51. The van der Waals surface area contributed by atoms with Gasteiger partial charge in [-0.3, -0.25) is 9.59 Å². The predicted octanol–water partition coefficient (Wildman–Crippen LogP) is 3.30. The Labute approximate surface area is 201 Å². The number of hydrogen-bond donors (Lipinski definition) is 3. The number of nitrogens with one attached hydrogen (secondary N) is 1. The number of hydrogen-bond acceptors (Lipinski definition) is 8. The molecule has 2 heterocycles. The number of rotatable bonds is 2. The molecule has 3 N–H and O–H groups in total. The molecule has 0 saturated carbocycles. The zero-order valence-electron chi connectivity index (χ0n) is 20.5. The Morgan fingerprint density at radius 2 is 1.97 bits per heavy atom. The van der Waals surface area contributed by atoms with Gasteiger partial charge in [-0.2, -0.15) is 0 Å². The van der Waals surface area contributed by atoms with Crippen LogP contribution in [0.2, 0.25) is 0 Å². The Balaban J connectivity index is 2.27. The van der Waals surface area contributed by atoms with E-state index in [-0.39, 0.29) is 18.1 Å². The molecule has 0 bridgehead atoms. The molecule has 0 spiro atoms. The van der Waals surface area contributed by atoms with E-state index in [9.17, 15) is 19.8 Å². The van der Waals surface area contributed by atoms with Crippen molar-refractivity contribution in [2.45, 2.75) is 72.7 Å². The second-order valence-corrected chi connectivity index (χ2v) is 10.6. The van der Waals surface area contributed by atoms with Crippen molar-refractivity contribution in [3.8, 4) is 0 Å². The van der Waals surface area contributed by atoms with Gasteiger partial charge in [-0.05, 0) is 31.4 Å². The van der Waals surface area contributed by atoms with Crippen LogP contribution < -0.4 is 5.32 Å². The average Bonchev–Trinajstić information content (AvgIpc) is 3.16. The molecule has 0 aliphatic carbocycles. The van der Waals surface area contributed by atoms with Crippen LogP contribution in [0.5, 0.6) is 0 Å². The first-order valence-corrected chi connectivity index (χ1v) is 12.4. The third-order valence-electron chi connectivity index (χ3n) is 6.38. The van der Waals surface area contributed by atoms with Crippen molar-refractivity contribution in [1.82, 2.24) is 10.3 Å². The zero-order chi connectivity index (χ0) is 24.8. The van der Waals surface area contributed by atoms with Gasteiger partial charge in [0.05, 0.1) is 34.7 Å². The van der Waals surface area contributed by atoms with E-state index in [0.29, 0.717) is 19.5 Å². The molecule has 33 heavy (non-hydrogen) atoms.